The minimum Gasteiger partial charge on any atom is -0.497 e. The highest BCUT2D eigenvalue weighted by Crippen LogP contribution is 2.36. The van der Waals surface area contributed by atoms with Crippen LogP contribution < -0.4 is 25.0 Å². The molecule has 0 aromatic heterocycles. The Hall–Kier alpha value is -3.72. The summed E-state index contributed by atoms with van der Waals surface area (Å²) in [5.41, 5.74) is 1.04. The van der Waals surface area contributed by atoms with Gasteiger partial charge in [0.1, 0.15) is 22.2 Å². The second-order valence-corrected chi connectivity index (χ2v) is 8.68. The van der Waals surface area contributed by atoms with Gasteiger partial charge in [0.05, 0.1) is 30.6 Å². The number of hydrogen-bond acceptors (Lipinski definition) is 6. The third-order valence-corrected chi connectivity index (χ3v) is 6.12. The van der Waals surface area contributed by atoms with Crippen LogP contribution in [0.5, 0.6) is 11.5 Å². The highest BCUT2D eigenvalue weighted by atomic mass is 35.5. The highest BCUT2D eigenvalue weighted by molar-refractivity contribution is 6.54. The third-order valence-electron chi connectivity index (χ3n) is 5.23. The van der Waals surface area contributed by atoms with Crippen LogP contribution in [0.1, 0.15) is 10.4 Å². The van der Waals surface area contributed by atoms with Crippen LogP contribution in [0.3, 0.4) is 0 Å². The van der Waals surface area contributed by atoms with Crippen molar-refractivity contribution in [2.75, 3.05) is 29.8 Å². The number of ether oxygens (including phenoxy) is 2. The summed E-state index contributed by atoms with van der Waals surface area (Å²) < 4.78 is 10.5. The highest BCUT2D eigenvalue weighted by Gasteiger charge is 2.39. The zero-order valence-corrected chi connectivity index (χ0v) is 21.2. The van der Waals surface area contributed by atoms with Crippen LogP contribution in [0.15, 0.2) is 71.4 Å². The normalized spacial score (nSPS) is 13.2. The van der Waals surface area contributed by atoms with Gasteiger partial charge in [0, 0.05) is 22.3 Å². The minimum atomic E-state index is -0.743. The number of carbonyl (C=O) groups is 3. The van der Waals surface area contributed by atoms with Crippen molar-refractivity contribution in [2.24, 2.45) is 0 Å². The molecule has 0 fully saturated rings. The Labute approximate surface area is 221 Å². The summed E-state index contributed by atoms with van der Waals surface area (Å²) in [5, 5.41) is 5.76. The lowest BCUT2D eigenvalue weighted by Crippen LogP contribution is -2.32. The average molecular weight is 547 g/mol. The molecule has 1 aliphatic heterocycles. The molecule has 8 nitrogen and oxygen atoms in total. The molecule has 1 heterocycles. The van der Waals surface area contributed by atoms with Gasteiger partial charge in [-0.15, -0.1) is 0 Å². The van der Waals surface area contributed by atoms with E-state index >= 15 is 0 Å². The monoisotopic (exact) mass is 545 g/mol. The molecule has 2 N–H and O–H groups in total. The Kier molecular flexibility index (Phi) is 7.40. The lowest BCUT2D eigenvalue weighted by atomic mass is 10.1. The molecule has 11 heteroatoms. The van der Waals surface area contributed by atoms with Crippen molar-refractivity contribution in [1.29, 1.82) is 0 Å². The van der Waals surface area contributed by atoms with E-state index in [0.717, 1.165) is 4.90 Å². The quantitative estimate of drug-likeness (QED) is 0.369. The lowest BCUT2D eigenvalue weighted by molar-refractivity contribution is -0.120. The van der Waals surface area contributed by atoms with Crippen LogP contribution in [-0.4, -0.2) is 31.9 Å². The van der Waals surface area contributed by atoms with Crippen molar-refractivity contribution in [1.82, 2.24) is 0 Å². The molecule has 0 aliphatic carbocycles. The topological polar surface area (TPSA) is 97.0 Å². The first kappa shape index (κ1) is 25.4. The summed E-state index contributed by atoms with van der Waals surface area (Å²) in [7, 11) is 3.00. The fraction of sp³-hybridized carbons (Fsp3) is 0.0800. The fourth-order valence-electron chi connectivity index (χ4n) is 3.48. The van der Waals surface area contributed by atoms with Crippen LogP contribution in [0.2, 0.25) is 10.0 Å². The molecule has 3 aromatic carbocycles. The zero-order valence-electron chi connectivity index (χ0n) is 18.9. The number of hydrogen-bond donors (Lipinski definition) is 2. The van der Waals surface area contributed by atoms with Crippen molar-refractivity contribution < 1.29 is 23.9 Å². The Balaban J connectivity index is 1.56. The summed E-state index contributed by atoms with van der Waals surface area (Å²) in [6.07, 6.45) is 0. The second kappa shape index (κ2) is 10.5. The SMILES string of the molecule is COc1ccc(OC)c(NC(=O)c2cccc(NC3=C(Cl)C(=O)N(c4ccc(Cl)cc4Cl)C3=O)c2)c1. The van der Waals surface area contributed by atoms with Crippen molar-refractivity contribution in [3.05, 3.63) is 87.0 Å². The van der Waals surface area contributed by atoms with Crippen molar-refractivity contribution in [2.45, 2.75) is 0 Å². The predicted molar refractivity (Wildman–Crippen MR) is 139 cm³/mol. The first-order chi connectivity index (χ1) is 17.2. The number of carbonyl (C=O) groups excluding carboxylic acids is 3. The van der Waals surface area contributed by atoms with Gasteiger partial charge in [0.15, 0.2) is 0 Å². The molecular formula is C25H18Cl3N3O5. The van der Waals surface area contributed by atoms with Gasteiger partial charge in [-0.2, -0.15) is 0 Å². The van der Waals surface area contributed by atoms with Gasteiger partial charge < -0.3 is 20.1 Å². The Morgan fingerprint density at radius 1 is 0.889 bits per heavy atom. The Bertz CT molecular complexity index is 1420. The number of rotatable bonds is 7. The molecule has 36 heavy (non-hydrogen) atoms. The van der Waals surface area contributed by atoms with E-state index in [1.807, 2.05) is 0 Å². The van der Waals surface area contributed by atoms with Crippen LogP contribution in [0, 0.1) is 0 Å². The Morgan fingerprint density at radius 2 is 1.67 bits per heavy atom. The predicted octanol–water partition coefficient (Wildman–Crippen LogP) is 5.70. The van der Waals surface area contributed by atoms with E-state index in [4.69, 9.17) is 44.3 Å². The van der Waals surface area contributed by atoms with E-state index in [-0.39, 0.29) is 27.0 Å². The molecule has 0 unspecified atom stereocenters. The van der Waals surface area contributed by atoms with Crippen LogP contribution >= 0.6 is 34.8 Å². The standard InChI is InChI=1S/C25H18Cl3N3O5/c1-35-16-7-9-20(36-2)18(12-16)30-23(32)13-4-3-5-15(10-13)29-22-21(28)24(33)31(25(22)34)19-8-6-14(26)11-17(19)27/h3-12,29H,1-2H3,(H,30,32). The van der Waals surface area contributed by atoms with Crippen LogP contribution in [0.4, 0.5) is 17.1 Å². The maximum Gasteiger partial charge on any atom is 0.283 e. The number of nitrogens with one attached hydrogen (secondary N) is 2. The van der Waals surface area contributed by atoms with E-state index in [1.165, 1.54) is 38.5 Å². The molecule has 0 bridgehead atoms. The summed E-state index contributed by atoms with van der Waals surface area (Å²) >= 11 is 18.3. The molecule has 0 spiro atoms. The maximum absolute atomic E-state index is 13.1. The van der Waals surface area contributed by atoms with Gasteiger partial charge >= 0.3 is 0 Å². The minimum absolute atomic E-state index is 0.113. The van der Waals surface area contributed by atoms with E-state index in [1.54, 1.807) is 36.4 Å². The molecule has 0 atom stereocenters. The molecule has 3 aromatic rings. The first-order valence-electron chi connectivity index (χ1n) is 10.4. The molecule has 0 saturated heterocycles. The first-order valence-corrected chi connectivity index (χ1v) is 11.5. The molecule has 184 valence electrons. The Morgan fingerprint density at radius 3 is 2.36 bits per heavy atom. The summed E-state index contributed by atoms with van der Waals surface area (Å²) in [6.45, 7) is 0. The van der Waals surface area contributed by atoms with E-state index in [0.29, 0.717) is 27.9 Å². The van der Waals surface area contributed by atoms with Crippen LogP contribution in [-0.2, 0) is 9.59 Å². The summed E-state index contributed by atoms with van der Waals surface area (Å²) in [5.74, 6) is -0.893. The molecular weight excluding hydrogens is 529 g/mol. The largest absolute Gasteiger partial charge is 0.497 e. The van der Waals surface area contributed by atoms with Crippen molar-refractivity contribution >= 4 is 69.6 Å². The maximum atomic E-state index is 13.1. The smallest absolute Gasteiger partial charge is 0.283 e. The van der Waals surface area contributed by atoms with Crippen molar-refractivity contribution in [3.63, 3.8) is 0 Å². The lowest BCUT2D eigenvalue weighted by Gasteiger charge is -2.17. The summed E-state index contributed by atoms with van der Waals surface area (Å²) in [4.78, 5) is 39.6. The van der Waals surface area contributed by atoms with Gasteiger partial charge in [-0.1, -0.05) is 40.9 Å². The molecule has 1 aliphatic rings. The van der Waals surface area contributed by atoms with Gasteiger partial charge in [-0.25, -0.2) is 4.90 Å². The number of methoxy groups -OCH3 is 2. The fourth-order valence-corrected chi connectivity index (χ4v) is 4.19. The van der Waals surface area contributed by atoms with Gasteiger partial charge in [-0.05, 0) is 48.5 Å². The number of benzene rings is 3. The second-order valence-electron chi connectivity index (χ2n) is 7.46. The van der Waals surface area contributed by atoms with Gasteiger partial charge in [-0.3, -0.25) is 14.4 Å². The number of anilines is 3. The number of nitrogens with zero attached hydrogens (tertiary/aromatic N) is 1. The van der Waals surface area contributed by atoms with E-state index < -0.39 is 17.7 Å². The molecule has 0 radical (unpaired) electrons. The van der Waals surface area contributed by atoms with Crippen molar-refractivity contribution in [3.8, 4) is 11.5 Å². The van der Waals surface area contributed by atoms with Gasteiger partial charge in [0.25, 0.3) is 17.7 Å². The average Bonchev–Trinajstić information content (AvgIpc) is 3.07. The van der Waals surface area contributed by atoms with E-state index in [9.17, 15) is 14.4 Å². The summed E-state index contributed by atoms with van der Waals surface area (Å²) in [6, 6.07) is 15.7. The molecule has 4 rings (SSSR count). The van der Waals surface area contributed by atoms with Crippen LogP contribution in [0.25, 0.3) is 0 Å². The zero-order chi connectivity index (χ0) is 26.0. The molecule has 3 amide bonds. The number of amides is 3. The molecule has 0 saturated carbocycles. The number of halogens is 3. The van der Waals surface area contributed by atoms with Gasteiger partial charge in [0.2, 0.25) is 0 Å². The van der Waals surface area contributed by atoms with E-state index in [2.05, 4.69) is 10.6 Å². The number of imide groups is 1. The third kappa shape index (κ3) is 4.97.